The Kier molecular flexibility index (Phi) is 22.9. The van der Waals surface area contributed by atoms with Gasteiger partial charge in [-0.1, -0.05) is 35.3 Å². The molecule has 0 spiro atoms. The largest absolute Gasteiger partial charge is 1.00 e. The van der Waals surface area contributed by atoms with Crippen LogP contribution in [0.5, 0.6) is 0 Å². The van der Waals surface area contributed by atoms with Gasteiger partial charge in [0.1, 0.15) is 31.2 Å². The summed E-state index contributed by atoms with van der Waals surface area (Å²) in [6.07, 6.45) is 0. The molecule has 21 heteroatoms. The minimum absolute atomic E-state index is 0. The number of thiol groups is 3. The number of aliphatic carboxylic acids is 3. The third-order valence-corrected chi connectivity index (χ3v) is 6.98. The summed E-state index contributed by atoms with van der Waals surface area (Å²) in [5.74, 6) is -3.63. The summed E-state index contributed by atoms with van der Waals surface area (Å²) in [7, 11) is 0. The molecule has 0 aromatic carbocycles. The zero-order chi connectivity index (χ0) is 23.2. The van der Waals surface area contributed by atoms with E-state index in [1.165, 1.54) is 16.2 Å². The van der Waals surface area contributed by atoms with Crippen molar-refractivity contribution in [2.24, 2.45) is 0 Å². The van der Waals surface area contributed by atoms with E-state index in [9.17, 15) is 30.0 Å². The number of carboxylic acids is 3. The molecule has 168 valence electrons. The molecule has 0 aromatic rings. The minimum Gasteiger partial charge on any atom is -0.757 e. The van der Waals surface area contributed by atoms with Crippen LogP contribution in [0.25, 0.3) is 0 Å². The van der Waals surface area contributed by atoms with Crippen molar-refractivity contribution < 1.29 is 118 Å². The number of hydroxylamine groups is 6. The fourth-order valence-corrected chi connectivity index (χ4v) is 4.45. The van der Waals surface area contributed by atoms with E-state index in [1.54, 1.807) is 0 Å². The summed E-state index contributed by atoms with van der Waals surface area (Å²) >= 11 is 14.6. The zero-order valence-corrected chi connectivity index (χ0v) is 28.3. The van der Waals surface area contributed by atoms with Crippen LogP contribution < -0.4 is 88.7 Å². The molecule has 3 aliphatic heterocycles. The molecule has 0 saturated carbocycles. The monoisotopic (exact) mass is 603 g/mol. The SMILES string of the molecule is O=C(O)C1=CSC(S)N1[O-].O=C(O)C1=CSC(S)N1[O-].O=C(O)C1=CSC(S)N1[O-].[Na+].[Na+].[Na+]. The molecular weight excluding hydrogens is 592 g/mol. The number of carbonyl (C=O) groups is 3. The van der Waals surface area contributed by atoms with Crippen molar-refractivity contribution in [3.05, 3.63) is 48.9 Å². The first-order chi connectivity index (χ1) is 13.9. The second-order valence-electron chi connectivity index (χ2n) is 4.79. The van der Waals surface area contributed by atoms with Crippen LogP contribution in [-0.4, -0.2) is 62.5 Å². The topological polar surface area (TPSA) is 191 Å². The Labute approximate surface area is 283 Å². The molecule has 0 aliphatic carbocycles. The Bertz CT molecular complexity index is 693. The second kappa shape index (κ2) is 19.1. The maximum absolute atomic E-state index is 10.7. The number of rotatable bonds is 3. The molecule has 3 aliphatic rings. The van der Waals surface area contributed by atoms with E-state index >= 15 is 0 Å². The van der Waals surface area contributed by atoms with Crippen molar-refractivity contribution in [2.45, 2.75) is 14.1 Å². The number of hydrogen-bond donors (Lipinski definition) is 6. The minimum atomic E-state index is -1.21. The third kappa shape index (κ3) is 12.4. The standard InChI is InChI=1S/3C4H4NO3S2.3Na/c3*6-3(7)2-1-10-4(9)5(2)8;;;/h3*1,4,9H,(H,6,7);;;/q3*-1;3*+1. The number of carboxylic acid groups (broad SMARTS) is 3. The summed E-state index contributed by atoms with van der Waals surface area (Å²) in [6, 6.07) is 0. The van der Waals surface area contributed by atoms with Crippen LogP contribution >= 0.6 is 73.2 Å². The van der Waals surface area contributed by atoms with Crippen molar-refractivity contribution in [1.82, 2.24) is 15.2 Å². The Morgan fingerprint density at radius 2 is 0.818 bits per heavy atom. The molecule has 3 N–H and O–H groups in total. The Morgan fingerprint density at radius 3 is 0.879 bits per heavy atom. The Morgan fingerprint density at radius 1 is 0.636 bits per heavy atom. The van der Waals surface area contributed by atoms with Crippen molar-refractivity contribution in [1.29, 1.82) is 0 Å². The Hall–Kier alpha value is 2.01. The summed E-state index contributed by atoms with van der Waals surface area (Å²) < 4.78 is -1.82. The van der Waals surface area contributed by atoms with E-state index in [-0.39, 0.29) is 106 Å². The van der Waals surface area contributed by atoms with Gasteiger partial charge in [0.2, 0.25) is 0 Å². The fourth-order valence-electron chi connectivity index (χ4n) is 1.49. The van der Waals surface area contributed by atoms with Crippen LogP contribution in [0.15, 0.2) is 33.3 Å². The molecule has 33 heavy (non-hydrogen) atoms. The number of nitrogens with zero attached hydrogens (tertiary/aromatic N) is 3. The zero-order valence-electron chi connectivity index (χ0n) is 17.2. The molecule has 0 bridgehead atoms. The predicted octanol–water partition coefficient (Wildman–Crippen LogP) is -6.97. The van der Waals surface area contributed by atoms with Crippen LogP contribution in [0.3, 0.4) is 0 Å². The first-order valence-electron chi connectivity index (χ1n) is 7.08. The van der Waals surface area contributed by atoms with Gasteiger partial charge < -0.3 is 46.1 Å². The smallest absolute Gasteiger partial charge is 0.757 e. The van der Waals surface area contributed by atoms with E-state index in [4.69, 9.17) is 15.3 Å². The molecule has 3 atom stereocenters. The second-order valence-corrected chi connectivity index (χ2v) is 10.2. The maximum atomic E-state index is 10.7. The molecule has 3 rings (SSSR count). The van der Waals surface area contributed by atoms with E-state index in [1.807, 2.05) is 0 Å². The Balaban J connectivity index is -0.000000391. The van der Waals surface area contributed by atoms with Crippen molar-refractivity contribution >= 4 is 91.1 Å². The van der Waals surface area contributed by atoms with Crippen LogP contribution in [0.2, 0.25) is 0 Å². The predicted molar refractivity (Wildman–Crippen MR) is 124 cm³/mol. The first-order valence-corrected chi connectivity index (χ1v) is 11.5. The van der Waals surface area contributed by atoms with Crippen molar-refractivity contribution in [3.8, 4) is 0 Å². The van der Waals surface area contributed by atoms with E-state index in [2.05, 4.69) is 37.9 Å². The van der Waals surface area contributed by atoms with Gasteiger partial charge in [-0.2, -0.15) is 0 Å². The normalized spacial score (nSPS) is 22.5. The van der Waals surface area contributed by atoms with Gasteiger partial charge in [0.25, 0.3) is 0 Å². The fraction of sp³-hybridized carbons (Fsp3) is 0.250. The van der Waals surface area contributed by atoms with Gasteiger partial charge in [-0.3, -0.25) is 0 Å². The average molecular weight is 604 g/mol. The van der Waals surface area contributed by atoms with Gasteiger partial charge in [0.05, 0.1) is 0 Å². The van der Waals surface area contributed by atoms with Crippen molar-refractivity contribution in [2.75, 3.05) is 0 Å². The van der Waals surface area contributed by atoms with Crippen molar-refractivity contribution in [3.63, 3.8) is 0 Å². The molecule has 0 saturated heterocycles. The van der Waals surface area contributed by atoms with Crippen LogP contribution in [0.1, 0.15) is 0 Å². The number of hydrogen-bond acceptors (Lipinski definition) is 15. The molecule has 3 unspecified atom stereocenters. The van der Waals surface area contributed by atoms with Gasteiger partial charge in [-0.05, 0) is 0 Å². The molecule has 12 nitrogen and oxygen atoms in total. The molecule has 0 amide bonds. The summed E-state index contributed by atoms with van der Waals surface area (Å²) in [6.45, 7) is 0. The van der Waals surface area contributed by atoms with Gasteiger partial charge in [0, 0.05) is 16.2 Å². The van der Waals surface area contributed by atoms with E-state index < -0.39 is 32.0 Å². The summed E-state index contributed by atoms with van der Waals surface area (Å²) in [4.78, 5) is 30.6. The van der Waals surface area contributed by atoms with Gasteiger partial charge in [0.15, 0.2) is 0 Å². The van der Waals surface area contributed by atoms with Gasteiger partial charge in [-0.25, -0.2) is 14.4 Å². The third-order valence-electron chi connectivity index (χ3n) is 2.88. The molecule has 0 aromatic heterocycles. The van der Waals surface area contributed by atoms with E-state index in [0.29, 0.717) is 15.2 Å². The van der Waals surface area contributed by atoms with E-state index in [0.717, 1.165) is 35.3 Å². The first kappa shape index (κ1) is 39.5. The van der Waals surface area contributed by atoms with Gasteiger partial charge in [-0.15, -0.1) is 37.9 Å². The van der Waals surface area contributed by atoms with Crippen LogP contribution in [0, 0.1) is 15.6 Å². The average Bonchev–Trinajstić information content (AvgIpc) is 3.29. The molecular formula is C12H12N3Na3O9S6. The molecule has 0 radical (unpaired) electrons. The molecule has 0 fully saturated rings. The maximum Gasteiger partial charge on any atom is 1.00 e. The number of thioether (sulfide) groups is 3. The quantitative estimate of drug-likeness (QED) is 0.132. The summed E-state index contributed by atoms with van der Waals surface area (Å²) in [5, 5.41) is 62.1. The molecule has 3 heterocycles. The van der Waals surface area contributed by atoms with Crippen LogP contribution in [-0.2, 0) is 14.4 Å². The van der Waals surface area contributed by atoms with Crippen LogP contribution in [0.4, 0.5) is 0 Å². The summed E-state index contributed by atoms with van der Waals surface area (Å²) in [5.41, 5.74) is -0.736. The van der Waals surface area contributed by atoms with Gasteiger partial charge >= 0.3 is 107 Å².